The second kappa shape index (κ2) is 7.20. The summed E-state index contributed by atoms with van der Waals surface area (Å²) in [4.78, 5) is 10.4. The topological polar surface area (TPSA) is 55.2 Å². The number of non-ortho nitro benzene ring substituents is 1. The summed E-state index contributed by atoms with van der Waals surface area (Å²) in [5.41, 5.74) is 2.68. The first-order valence-corrected chi connectivity index (χ1v) is 7.32. The summed E-state index contributed by atoms with van der Waals surface area (Å²) in [5.74, 6) is 0. The van der Waals surface area contributed by atoms with Crippen LogP contribution >= 0.6 is 0 Å². The maximum atomic E-state index is 10.8. The Morgan fingerprint density at radius 1 is 1.40 bits per heavy atom. The molecule has 0 aromatic heterocycles. The number of nitrogens with one attached hydrogen (secondary N) is 1. The number of nitro benzene ring substituents is 1. The Balaban J connectivity index is 1.85. The van der Waals surface area contributed by atoms with Gasteiger partial charge in [0.25, 0.3) is 5.69 Å². The van der Waals surface area contributed by atoms with Gasteiger partial charge in [0.1, 0.15) is 0 Å². The number of hydrogen-bond donors (Lipinski definition) is 1. The monoisotopic (exact) mass is 274 g/mol. The van der Waals surface area contributed by atoms with Gasteiger partial charge in [-0.15, -0.1) is 0 Å². The Labute approximate surface area is 120 Å². The van der Waals surface area contributed by atoms with Crippen molar-refractivity contribution in [2.75, 3.05) is 6.54 Å². The van der Waals surface area contributed by atoms with Crippen LogP contribution in [0.4, 0.5) is 5.69 Å². The van der Waals surface area contributed by atoms with Gasteiger partial charge in [-0.1, -0.05) is 23.8 Å². The third-order valence-electron chi connectivity index (χ3n) is 3.86. The Hall–Kier alpha value is -1.68. The van der Waals surface area contributed by atoms with Crippen molar-refractivity contribution in [2.24, 2.45) is 0 Å². The van der Waals surface area contributed by atoms with Crippen LogP contribution in [0.1, 0.15) is 50.6 Å². The van der Waals surface area contributed by atoms with E-state index in [2.05, 4.69) is 11.4 Å². The predicted octanol–water partition coefficient (Wildman–Crippen LogP) is 4.14. The van der Waals surface area contributed by atoms with Gasteiger partial charge < -0.3 is 5.32 Å². The van der Waals surface area contributed by atoms with Gasteiger partial charge in [0.15, 0.2) is 0 Å². The number of nitro groups is 1. The minimum absolute atomic E-state index is 0.138. The molecule has 0 fully saturated rings. The molecule has 1 aromatic rings. The molecule has 4 heteroatoms. The quantitative estimate of drug-likeness (QED) is 0.482. The molecule has 1 aliphatic rings. The van der Waals surface area contributed by atoms with E-state index in [1.807, 2.05) is 13.0 Å². The SMILES string of the molecule is CC(NCCC1=CCCCC1)c1cccc([N+](=O)[O-])c1. The van der Waals surface area contributed by atoms with Gasteiger partial charge in [-0.3, -0.25) is 10.1 Å². The van der Waals surface area contributed by atoms with Crippen LogP contribution < -0.4 is 5.32 Å². The van der Waals surface area contributed by atoms with Crippen LogP contribution in [0.2, 0.25) is 0 Å². The first-order valence-electron chi connectivity index (χ1n) is 7.32. The lowest BCUT2D eigenvalue weighted by atomic mass is 9.97. The third-order valence-corrected chi connectivity index (χ3v) is 3.86. The van der Waals surface area contributed by atoms with E-state index in [0.29, 0.717) is 0 Å². The van der Waals surface area contributed by atoms with Gasteiger partial charge in [-0.25, -0.2) is 0 Å². The van der Waals surface area contributed by atoms with Gasteiger partial charge in [0, 0.05) is 18.2 Å². The zero-order valence-electron chi connectivity index (χ0n) is 12.0. The fourth-order valence-electron chi connectivity index (χ4n) is 2.61. The molecule has 20 heavy (non-hydrogen) atoms. The fourth-order valence-corrected chi connectivity index (χ4v) is 2.61. The van der Waals surface area contributed by atoms with E-state index < -0.39 is 0 Å². The standard InChI is InChI=1S/C16H22N2O2/c1-13(15-8-5-9-16(12-15)18(19)20)17-11-10-14-6-3-2-4-7-14/h5-6,8-9,12-13,17H,2-4,7,10-11H2,1H3. The Morgan fingerprint density at radius 2 is 2.25 bits per heavy atom. The summed E-state index contributed by atoms with van der Waals surface area (Å²) >= 11 is 0. The molecule has 1 aliphatic carbocycles. The van der Waals surface area contributed by atoms with E-state index in [1.165, 1.54) is 31.7 Å². The van der Waals surface area contributed by atoms with Crippen molar-refractivity contribution in [1.82, 2.24) is 5.32 Å². The van der Waals surface area contributed by atoms with Crippen molar-refractivity contribution in [1.29, 1.82) is 0 Å². The minimum atomic E-state index is -0.344. The largest absolute Gasteiger partial charge is 0.310 e. The Kier molecular flexibility index (Phi) is 5.30. The average Bonchev–Trinajstić information content (AvgIpc) is 2.48. The number of hydrogen-bond acceptors (Lipinski definition) is 3. The molecule has 1 aromatic carbocycles. The molecule has 0 heterocycles. The molecule has 4 nitrogen and oxygen atoms in total. The average molecular weight is 274 g/mol. The first kappa shape index (κ1) is 14.7. The molecule has 0 saturated heterocycles. The minimum Gasteiger partial charge on any atom is -0.310 e. The molecular weight excluding hydrogens is 252 g/mol. The van der Waals surface area contributed by atoms with Crippen LogP contribution in [0.3, 0.4) is 0 Å². The summed E-state index contributed by atoms with van der Waals surface area (Å²) < 4.78 is 0. The summed E-state index contributed by atoms with van der Waals surface area (Å²) in [6.07, 6.45) is 8.53. The molecule has 1 N–H and O–H groups in total. The molecule has 0 bridgehead atoms. The van der Waals surface area contributed by atoms with Crippen LogP contribution in [-0.4, -0.2) is 11.5 Å². The molecule has 0 spiro atoms. The van der Waals surface area contributed by atoms with Gasteiger partial charge in [-0.05, 0) is 51.1 Å². The first-order chi connectivity index (χ1) is 9.66. The molecule has 1 unspecified atom stereocenters. The third kappa shape index (κ3) is 4.17. The van der Waals surface area contributed by atoms with Gasteiger partial charge in [0.2, 0.25) is 0 Å². The Bertz CT molecular complexity index is 497. The van der Waals surface area contributed by atoms with E-state index in [-0.39, 0.29) is 16.7 Å². The van der Waals surface area contributed by atoms with Crippen LogP contribution in [0, 0.1) is 10.1 Å². The zero-order valence-corrected chi connectivity index (χ0v) is 12.0. The van der Waals surface area contributed by atoms with E-state index >= 15 is 0 Å². The molecule has 2 rings (SSSR count). The molecule has 0 aliphatic heterocycles. The smallest absolute Gasteiger partial charge is 0.269 e. The maximum Gasteiger partial charge on any atom is 0.269 e. The lowest BCUT2D eigenvalue weighted by Gasteiger charge is -2.16. The highest BCUT2D eigenvalue weighted by molar-refractivity contribution is 5.35. The highest BCUT2D eigenvalue weighted by atomic mass is 16.6. The maximum absolute atomic E-state index is 10.8. The summed E-state index contributed by atoms with van der Waals surface area (Å²) in [6, 6.07) is 7.00. The molecule has 0 saturated carbocycles. The fraction of sp³-hybridized carbons (Fsp3) is 0.500. The molecular formula is C16H22N2O2. The molecule has 0 amide bonds. The lowest BCUT2D eigenvalue weighted by molar-refractivity contribution is -0.384. The van der Waals surface area contributed by atoms with Crippen molar-refractivity contribution in [3.05, 3.63) is 51.6 Å². The van der Waals surface area contributed by atoms with Crippen molar-refractivity contribution in [3.8, 4) is 0 Å². The highest BCUT2D eigenvalue weighted by Crippen LogP contribution is 2.21. The van der Waals surface area contributed by atoms with Crippen LogP contribution in [-0.2, 0) is 0 Å². The van der Waals surface area contributed by atoms with E-state index in [4.69, 9.17) is 0 Å². The van der Waals surface area contributed by atoms with Crippen LogP contribution in [0.25, 0.3) is 0 Å². The second-order valence-corrected chi connectivity index (χ2v) is 5.39. The normalized spacial score (nSPS) is 16.6. The van der Waals surface area contributed by atoms with E-state index in [9.17, 15) is 10.1 Å². The van der Waals surface area contributed by atoms with Crippen molar-refractivity contribution in [3.63, 3.8) is 0 Å². The zero-order chi connectivity index (χ0) is 14.4. The van der Waals surface area contributed by atoms with Gasteiger partial charge in [0.05, 0.1) is 4.92 Å². The summed E-state index contributed by atoms with van der Waals surface area (Å²) in [7, 11) is 0. The van der Waals surface area contributed by atoms with Gasteiger partial charge >= 0.3 is 0 Å². The molecule has 108 valence electrons. The van der Waals surface area contributed by atoms with Crippen LogP contribution in [0.5, 0.6) is 0 Å². The lowest BCUT2D eigenvalue weighted by Crippen LogP contribution is -2.20. The summed E-state index contributed by atoms with van der Waals surface area (Å²) in [5, 5.41) is 14.2. The van der Waals surface area contributed by atoms with Gasteiger partial charge in [-0.2, -0.15) is 0 Å². The number of benzene rings is 1. The van der Waals surface area contributed by atoms with Crippen LogP contribution in [0.15, 0.2) is 35.9 Å². The summed E-state index contributed by atoms with van der Waals surface area (Å²) in [6.45, 7) is 2.98. The van der Waals surface area contributed by atoms with Crippen molar-refractivity contribution < 1.29 is 4.92 Å². The van der Waals surface area contributed by atoms with Crippen molar-refractivity contribution in [2.45, 2.75) is 45.1 Å². The van der Waals surface area contributed by atoms with E-state index in [0.717, 1.165) is 18.5 Å². The Morgan fingerprint density at radius 3 is 2.95 bits per heavy atom. The second-order valence-electron chi connectivity index (χ2n) is 5.39. The number of allylic oxidation sites excluding steroid dienone is 1. The van der Waals surface area contributed by atoms with Crippen molar-refractivity contribution >= 4 is 5.69 Å². The highest BCUT2D eigenvalue weighted by Gasteiger charge is 2.11. The predicted molar refractivity (Wildman–Crippen MR) is 80.7 cm³/mol. The number of rotatable bonds is 6. The van der Waals surface area contributed by atoms with E-state index in [1.54, 1.807) is 17.7 Å². The molecule has 0 radical (unpaired) electrons. The molecule has 1 atom stereocenters. The number of nitrogens with zero attached hydrogens (tertiary/aromatic N) is 1.